The van der Waals surface area contributed by atoms with Gasteiger partial charge in [-0.1, -0.05) is 37.3 Å². The van der Waals surface area contributed by atoms with Crippen molar-refractivity contribution in [3.63, 3.8) is 0 Å². The van der Waals surface area contributed by atoms with Crippen LogP contribution in [-0.4, -0.2) is 28.0 Å². The molecule has 1 aliphatic heterocycles. The maximum Gasteiger partial charge on any atom is 0.326 e. The fraction of sp³-hybridized carbons (Fsp3) is 0.235. The first-order chi connectivity index (χ1) is 11.5. The molecule has 0 fully saturated rings. The van der Waals surface area contributed by atoms with E-state index in [2.05, 4.69) is 4.98 Å². The zero-order chi connectivity index (χ0) is 17.3. The van der Waals surface area contributed by atoms with Gasteiger partial charge in [0.15, 0.2) is 11.6 Å². The van der Waals surface area contributed by atoms with E-state index < -0.39 is 24.0 Å². The lowest BCUT2D eigenvalue weighted by Crippen LogP contribution is -2.50. The van der Waals surface area contributed by atoms with E-state index in [9.17, 15) is 14.7 Å². The average Bonchev–Trinajstić information content (AvgIpc) is 2.58. The number of carboxylic acids is 1. The Hall–Kier alpha value is -3.09. The Morgan fingerprint density at radius 1 is 1.33 bits per heavy atom. The molecule has 1 aromatic heterocycles. The zero-order valence-electron chi connectivity index (χ0n) is 13.0. The molecule has 1 aromatic carbocycles. The molecular formula is C17H17N3O4. The quantitative estimate of drug-likeness (QED) is 0.889. The summed E-state index contributed by atoms with van der Waals surface area (Å²) < 4.78 is 5.79. The molecule has 2 atom stereocenters. The van der Waals surface area contributed by atoms with Gasteiger partial charge in [-0.2, -0.15) is 0 Å². The van der Waals surface area contributed by atoms with Crippen molar-refractivity contribution in [2.24, 2.45) is 0 Å². The lowest BCUT2D eigenvalue weighted by Gasteiger charge is -2.36. The van der Waals surface area contributed by atoms with Gasteiger partial charge in [0.25, 0.3) is 5.91 Å². The number of carbonyl (C=O) groups excluding carboxylic acids is 1. The van der Waals surface area contributed by atoms with Gasteiger partial charge in [0.1, 0.15) is 11.9 Å². The van der Waals surface area contributed by atoms with E-state index in [-0.39, 0.29) is 18.1 Å². The number of ether oxygens (including phenoxy) is 1. The molecule has 0 saturated carbocycles. The molecule has 7 heteroatoms. The summed E-state index contributed by atoms with van der Waals surface area (Å²) >= 11 is 0. The van der Waals surface area contributed by atoms with Crippen molar-refractivity contribution in [3.05, 3.63) is 48.0 Å². The van der Waals surface area contributed by atoms with E-state index in [4.69, 9.17) is 10.5 Å². The summed E-state index contributed by atoms with van der Waals surface area (Å²) in [4.78, 5) is 29.9. The first kappa shape index (κ1) is 15.8. The highest BCUT2D eigenvalue weighted by atomic mass is 16.5. The fourth-order valence-electron chi connectivity index (χ4n) is 2.73. The third kappa shape index (κ3) is 2.64. The molecule has 0 radical (unpaired) electrons. The largest absolute Gasteiger partial charge is 0.480 e. The summed E-state index contributed by atoms with van der Waals surface area (Å²) in [6.07, 6.45) is -0.684. The lowest BCUT2D eigenvalue weighted by molar-refractivity contribution is -0.141. The van der Waals surface area contributed by atoms with E-state index in [1.54, 1.807) is 43.3 Å². The second-order valence-electron chi connectivity index (χ2n) is 5.44. The van der Waals surface area contributed by atoms with Crippen LogP contribution in [0.25, 0.3) is 0 Å². The lowest BCUT2D eigenvalue weighted by atomic mass is 10.0. The topological polar surface area (TPSA) is 106 Å². The summed E-state index contributed by atoms with van der Waals surface area (Å²) in [6, 6.07) is 11.1. The number of hydrogen-bond donors (Lipinski definition) is 2. The SMILES string of the molecule is CCC(C(=O)O)N1C(=O)C(c2ccccc2)Oc2ccc(N)nc21. The number of nitrogen functional groups attached to an aromatic ring is 1. The van der Waals surface area contributed by atoms with Crippen molar-refractivity contribution in [2.45, 2.75) is 25.5 Å². The van der Waals surface area contributed by atoms with Crippen LogP contribution in [0, 0.1) is 0 Å². The number of carboxylic acid groups (broad SMARTS) is 1. The maximum absolute atomic E-state index is 13.0. The Bertz CT molecular complexity index is 779. The third-order valence-corrected chi connectivity index (χ3v) is 3.88. The van der Waals surface area contributed by atoms with Crippen LogP contribution < -0.4 is 15.4 Å². The number of aromatic nitrogens is 1. The number of anilines is 2. The van der Waals surface area contributed by atoms with Gasteiger partial charge in [0, 0.05) is 5.56 Å². The number of nitrogens with zero attached hydrogens (tertiary/aromatic N) is 2. The molecule has 24 heavy (non-hydrogen) atoms. The second-order valence-corrected chi connectivity index (χ2v) is 5.44. The Morgan fingerprint density at radius 3 is 2.67 bits per heavy atom. The first-order valence-electron chi connectivity index (χ1n) is 7.57. The van der Waals surface area contributed by atoms with Crippen LogP contribution in [0.1, 0.15) is 25.0 Å². The van der Waals surface area contributed by atoms with Crippen LogP contribution >= 0.6 is 0 Å². The number of rotatable bonds is 4. The first-order valence-corrected chi connectivity index (χ1v) is 7.57. The monoisotopic (exact) mass is 327 g/mol. The van der Waals surface area contributed by atoms with Crippen molar-refractivity contribution in [1.29, 1.82) is 0 Å². The van der Waals surface area contributed by atoms with Crippen LogP contribution in [-0.2, 0) is 9.59 Å². The van der Waals surface area contributed by atoms with Gasteiger partial charge in [-0.05, 0) is 18.6 Å². The summed E-state index contributed by atoms with van der Waals surface area (Å²) in [7, 11) is 0. The summed E-state index contributed by atoms with van der Waals surface area (Å²) in [6.45, 7) is 1.70. The molecule has 1 amide bonds. The van der Waals surface area contributed by atoms with Crippen molar-refractivity contribution in [3.8, 4) is 5.75 Å². The highest BCUT2D eigenvalue weighted by Gasteiger charge is 2.42. The summed E-state index contributed by atoms with van der Waals surface area (Å²) in [5.41, 5.74) is 6.35. The van der Waals surface area contributed by atoms with Gasteiger partial charge in [-0.25, -0.2) is 9.78 Å². The molecule has 0 spiro atoms. The number of nitrogens with two attached hydrogens (primary N) is 1. The molecule has 2 heterocycles. The number of aliphatic carboxylic acids is 1. The highest BCUT2D eigenvalue weighted by molar-refractivity contribution is 6.04. The van der Waals surface area contributed by atoms with Gasteiger partial charge in [0.2, 0.25) is 6.10 Å². The minimum absolute atomic E-state index is 0.140. The summed E-state index contributed by atoms with van der Waals surface area (Å²) in [5.74, 6) is -0.914. The smallest absolute Gasteiger partial charge is 0.326 e. The van der Waals surface area contributed by atoms with Crippen LogP contribution in [0.15, 0.2) is 42.5 Å². The molecule has 0 aliphatic carbocycles. The molecule has 0 bridgehead atoms. The maximum atomic E-state index is 13.0. The van der Waals surface area contributed by atoms with E-state index in [1.807, 2.05) is 6.07 Å². The van der Waals surface area contributed by atoms with Gasteiger partial charge in [-0.3, -0.25) is 9.69 Å². The second kappa shape index (κ2) is 6.19. The number of pyridine rings is 1. The zero-order valence-corrected chi connectivity index (χ0v) is 13.0. The fourth-order valence-corrected chi connectivity index (χ4v) is 2.73. The predicted molar refractivity (Wildman–Crippen MR) is 87.7 cm³/mol. The summed E-state index contributed by atoms with van der Waals surface area (Å²) in [5, 5.41) is 9.50. The van der Waals surface area contributed by atoms with Crippen LogP contribution in [0.4, 0.5) is 11.6 Å². The van der Waals surface area contributed by atoms with Crippen molar-refractivity contribution < 1.29 is 19.4 Å². The number of amides is 1. The molecule has 3 rings (SSSR count). The van der Waals surface area contributed by atoms with Gasteiger partial charge >= 0.3 is 5.97 Å². The minimum Gasteiger partial charge on any atom is -0.480 e. The predicted octanol–water partition coefficient (Wildman–Crippen LogP) is 1.99. The molecule has 2 aromatic rings. The van der Waals surface area contributed by atoms with Gasteiger partial charge in [-0.15, -0.1) is 0 Å². The number of carbonyl (C=O) groups is 2. The Labute approximate surface area is 138 Å². The van der Waals surface area contributed by atoms with Crippen LogP contribution in [0.5, 0.6) is 5.75 Å². The number of hydrogen-bond acceptors (Lipinski definition) is 5. The molecule has 124 valence electrons. The minimum atomic E-state index is -1.10. The number of fused-ring (bicyclic) bond motifs is 1. The normalized spacial score (nSPS) is 17.8. The van der Waals surface area contributed by atoms with Crippen molar-refractivity contribution >= 4 is 23.5 Å². The average molecular weight is 327 g/mol. The van der Waals surface area contributed by atoms with E-state index in [0.29, 0.717) is 11.3 Å². The third-order valence-electron chi connectivity index (χ3n) is 3.88. The standard InChI is InChI=1S/C17H17N3O4/c1-2-11(17(22)23)20-15-12(8-9-13(18)19-15)24-14(16(20)21)10-6-4-3-5-7-10/h3-9,11,14H,2H2,1H3,(H2,18,19)(H,22,23). The highest BCUT2D eigenvalue weighted by Crippen LogP contribution is 2.39. The van der Waals surface area contributed by atoms with Gasteiger partial charge < -0.3 is 15.6 Å². The van der Waals surface area contributed by atoms with Crippen LogP contribution in [0.2, 0.25) is 0 Å². The van der Waals surface area contributed by atoms with E-state index >= 15 is 0 Å². The Morgan fingerprint density at radius 2 is 2.04 bits per heavy atom. The molecule has 0 saturated heterocycles. The van der Waals surface area contributed by atoms with Crippen molar-refractivity contribution in [1.82, 2.24) is 4.98 Å². The van der Waals surface area contributed by atoms with Crippen LogP contribution in [0.3, 0.4) is 0 Å². The molecule has 1 aliphatic rings. The molecular weight excluding hydrogens is 310 g/mol. The molecule has 2 unspecified atom stereocenters. The number of benzene rings is 1. The van der Waals surface area contributed by atoms with Gasteiger partial charge in [0.05, 0.1) is 0 Å². The van der Waals surface area contributed by atoms with E-state index in [0.717, 1.165) is 0 Å². The molecule has 3 N–H and O–H groups in total. The van der Waals surface area contributed by atoms with E-state index in [1.165, 1.54) is 4.90 Å². The Kier molecular flexibility index (Phi) is 4.07. The Balaban J connectivity index is 2.13. The van der Waals surface area contributed by atoms with Crippen molar-refractivity contribution in [2.75, 3.05) is 10.6 Å². The molecule has 7 nitrogen and oxygen atoms in total.